The van der Waals surface area contributed by atoms with E-state index in [1.165, 1.54) is 5.39 Å². The largest absolute Gasteiger partial charge is 0.361 e. The highest BCUT2D eigenvalue weighted by Crippen LogP contribution is 2.12. The van der Waals surface area contributed by atoms with Crippen LogP contribution in [0.25, 0.3) is 10.9 Å². The summed E-state index contributed by atoms with van der Waals surface area (Å²) in [4.78, 5) is 3.12. The van der Waals surface area contributed by atoms with E-state index in [0.717, 1.165) is 11.1 Å². The fourth-order valence-electron chi connectivity index (χ4n) is 1.23. The van der Waals surface area contributed by atoms with Gasteiger partial charge in [-0.25, -0.2) is 0 Å². The van der Waals surface area contributed by atoms with E-state index in [-0.39, 0.29) is 0 Å². The number of rotatable bonds is 1. The quantitative estimate of drug-likeness (QED) is 0.369. The molecule has 3 N–H and O–H groups in total. The zero-order chi connectivity index (χ0) is 8.39. The number of aromatic nitrogens is 1. The molecule has 3 heteroatoms. The predicted octanol–water partition coefficient (Wildman–Crippen LogP) is 1.46. The van der Waals surface area contributed by atoms with E-state index in [0.29, 0.717) is 0 Å². The molecule has 0 unspecified atom stereocenters. The highest BCUT2D eigenvalue weighted by atomic mass is 15.1. The van der Waals surface area contributed by atoms with Crippen molar-refractivity contribution in [3.05, 3.63) is 36.0 Å². The zero-order valence-electron chi connectivity index (χ0n) is 6.49. The topological polar surface area (TPSA) is 54.2 Å². The van der Waals surface area contributed by atoms with E-state index in [4.69, 9.17) is 5.84 Å². The van der Waals surface area contributed by atoms with Crippen molar-refractivity contribution in [2.75, 3.05) is 0 Å². The van der Waals surface area contributed by atoms with Crippen LogP contribution in [-0.4, -0.2) is 11.2 Å². The maximum atomic E-state index is 5.04. The lowest BCUT2D eigenvalue weighted by atomic mass is 10.2. The number of nitrogens with two attached hydrogens (primary N) is 1. The number of nitrogens with zero attached hydrogens (tertiary/aromatic N) is 1. The first kappa shape index (κ1) is 6.91. The average molecular weight is 159 g/mol. The van der Waals surface area contributed by atoms with Gasteiger partial charge < -0.3 is 10.8 Å². The lowest BCUT2D eigenvalue weighted by Crippen LogP contribution is -1.85. The highest BCUT2D eigenvalue weighted by Gasteiger charge is 1.93. The number of hydrogen-bond donors (Lipinski definition) is 2. The molecule has 2 aromatic rings. The second-order valence-corrected chi connectivity index (χ2v) is 2.60. The van der Waals surface area contributed by atoms with Gasteiger partial charge in [0.05, 0.1) is 6.21 Å². The van der Waals surface area contributed by atoms with Gasteiger partial charge in [-0.3, -0.25) is 0 Å². The SMILES string of the molecule is NN=Cc1ccc2cc[nH]c2c1. The Morgan fingerprint density at radius 2 is 2.25 bits per heavy atom. The Labute approximate surface area is 69.9 Å². The van der Waals surface area contributed by atoms with E-state index in [2.05, 4.69) is 10.1 Å². The molecule has 0 saturated heterocycles. The van der Waals surface area contributed by atoms with Gasteiger partial charge in [0, 0.05) is 11.7 Å². The van der Waals surface area contributed by atoms with Crippen molar-refractivity contribution in [2.24, 2.45) is 10.9 Å². The van der Waals surface area contributed by atoms with Gasteiger partial charge in [-0.15, -0.1) is 0 Å². The first-order valence-electron chi connectivity index (χ1n) is 3.70. The summed E-state index contributed by atoms with van der Waals surface area (Å²) >= 11 is 0. The summed E-state index contributed by atoms with van der Waals surface area (Å²) in [7, 11) is 0. The number of fused-ring (bicyclic) bond motifs is 1. The molecule has 0 aliphatic rings. The third kappa shape index (κ3) is 1.05. The van der Waals surface area contributed by atoms with Gasteiger partial charge in [0.15, 0.2) is 0 Å². The number of nitrogens with one attached hydrogen (secondary N) is 1. The molecule has 0 atom stereocenters. The average Bonchev–Trinajstić information content (AvgIpc) is 2.51. The molecule has 0 saturated carbocycles. The molecule has 0 amide bonds. The lowest BCUT2D eigenvalue weighted by molar-refractivity contribution is 1.26. The fourth-order valence-corrected chi connectivity index (χ4v) is 1.23. The van der Waals surface area contributed by atoms with Gasteiger partial charge in [-0.1, -0.05) is 12.1 Å². The van der Waals surface area contributed by atoms with E-state index >= 15 is 0 Å². The van der Waals surface area contributed by atoms with Gasteiger partial charge in [0.1, 0.15) is 0 Å². The third-order valence-electron chi connectivity index (χ3n) is 1.80. The van der Waals surface area contributed by atoms with Gasteiger partial charge >= 0.3 is 0 Å². The molecule has 2 rings (SSSR count). The van der Waals surface area contributed by atoms with Gasteiger partial charge in [-0.2, -0.15) is 5.10 Å². The molecule has 0 fully saturated rings. The summed E-state index contributed by atoms with van der Waals surface area (Å²) in [6, 6.07) is 8.04. The number of aromatic amines is 1. The first-order valence-corrected chi connectivity index (χ1v) is 3.70. The normalized spacial score (nSPS) is 11.3. The van der Waals surface area contributed by atoms with Crippen molar-refractivity contribution >= 4 is 17.1 Å². The summed E-state index contributed by atoms with van der Waals surface area (Å²) in [5.41, 5.74) is 2.11. The molecule has 3 nitrogen and oxygen atoms in total. The number of hydrazone groups is 1. The van der Waals surface area contributed by atoms with Crippen molar-refractivity contribution in [2.45, 2.75) is 0 Å². The van der Waals surface area contributed by atoms with Crippen LogP contribution in [0.2, 0.25) is 0 Å². The molecule has 0 spiro atoms. The minimum atomic E-state index is 1.01. The van der Waals surface area contributed by atoms with Gasteiger partial charge in [-0.05, 0) is 23.1 Å². The number of hydrogen-bond acceptors (Lipinski definition) is 2. The Bertz CT molecular complexity index is 414. The van der Waals surface area contributed by atoms with Crippen LogP contribution in [-0.2, 0) is 0 Å². The molecule has 1 aromatic carbocycles. The molecule has 0 aliphatic heterocycles. The van der Waals surface area contributed by atoms with Crippen LogP contribution < -0.4 is 5.84 Å². The van der Waals surface area contributed by atoms with Crippen LogP contribution in [0.4, 0.5) is 0 Å². The monoisotopic (exact) mass is 159 g/mol. The predicted molar refractivity (Wildman–Crippen MR) is 50.1 cm³/mol. The van der Waals surface area contributed by atoms with Crippen molar-refractivity contribution in [3.8, 4) is 0 Å². The van der Waals surface area contributed by atoms with E-state index in [1.54, 1.807) is 6.21 Å². The summed E-state index contributed by atoms with van der Waals surface area (Å²) in [5.74, 6) is 5.04. The van der Waals surface area contributed by atoms with Crippen LogP contribution in [0.3, 0.4) is 0 Å². The molecule has 60 valence electrons. The zero-order valence-corrected chi connectivity index (χ0v) is 6.49. The van der Waals surface area contributed by atoms with Crippen molar-refractivity contribution in [3.63, 3.8) is 0 Å². The molecule has 12 heavy (non-hydrogen) atoms. The van der Waals surface area contributed by atoms with Gasteiger partial charge in [0.25, 0.3) is 0 Å². The van der Waals surface area contributed by atoms with Gasteiger partial charge in [0.2, 0.25) is 0 Å². The van der Waals surface area contributed by atoms with Crippen LogP contribution in [0, 0.1) is 0 Å². The first-order chi connectivity index (χ1) is 5.90. The molecule has 1 aromatic heterocycles. The molecule has 0 bridgehead atoms. The van der Waals surface area contributed by atoms with Crippen LogP contribution in [0.1, 0.15) is 5.56 Å². The second kappa shape index (κ2) is 2.70. The molecular weight excluding hydrogens is 150 g/mol. The minimum absolute atomic E-state index is 1.01. The van der Waals surface area contributed by atoms with Crippen LogP contribution in [0.5, 0.6) is 0 Å². The third-order valence-corrected chi connectivity index (χ3v) is 1.80. The van der Waals surface area contributed by atoms with E-state index in [9.17, 15) is 0 Å². The summed E-state index contributed by atoms with van der Waals surface area (Å²) < 4.78 is 0. The standard InChI is InChI=1S/C9H9N3/c10-12-6-7-1-2-8-3-4-11-9(8)5-7/h1-6,11H,10H2. The summed E-state index contributed by atoms with van der Waals surface area (Å²) in [5, 5.41) is 4.66. The van der Waals surface area contributed by atoms with Crippen molar-refractivity contribution in [1.82, 2.24) is 4.98 Å². The van der Waals surface area contributed by atoms with Crippen molar-refractivity contribution < 1.29 is 0 Å². The maximum Gasteiger partial charge on any atom is 0.0538 e. The van der Waals surface area contributed by atoms with Crippen molar-refractivity contribution in [1.29, 1.82) is 0 Å². The summed E-state index contributed by atoms with van der Waals surface area (Å²) in [6.07, 6.45) is 3.54. The van der Waals surface area contributed by atoms with E-state index < -0.39 is 0 Å². The highest BCUT2D eigenvalue weighted by molar-refractivity contribution is 5.88. The van der Waals surface area contributed by atoms with Crippen LogP contribution >= 0.6 is 0 Å². The molecule has 0 aliphatic carbocycles. The molecule has 0 radical (unpaired) electrons. The smallest absolute Gasteiger partial charge is 0.0538 e. The Balaban J connectivity index is 2.60. The fraction of sp³-hybridized carbons (Fsp3) is 0. The second-order valence-electron chi connectivity index (χ2n) is 2.60. The van der Waals surface area contributed by atoms with E-state index in [1.807, 2.05) is 30.5 Å². The lowest BCUT2D eigenvalue weighted by Gasteiger charge is -1.92. The maximum absolute atomic E-state index is 5.04. The Morgan fingerprint density at radius 1 is 1.33 bits per heavy atom. The van der Waals surface area contributed by atoms with Crippen LogP contribution in [0.15, 0.2) is 35.6 Å². The Hall–Kier alpha value is -1.77. The Kier molecular flexibility index (Phi) is 1.55. The Morgan fingerprint density at radius 3 is 3.08 bits per heavy atom. The number of H-pyrrole nitrogens is 1. The molecular formula is C9H9N3. The number of benzene rings is 1. The molecule has 1 heterocycles. The summed E-state index contributed by atoms with van der Waals surface area (Å²) in [6.45, 7) is 0. The minimum Gasteiger partial charge on any atom is -0.361 e.